The van der Waals surface area contributed by atoms with Crippen molar-refractivity contribution in [2.45, 2.75) is 50.0 Å². The van der Waals surface area contributed by atoms with Gasteiger partial charge in [0.2, 0.25) is 0 Å². The average Bonchev–Trinajstić information content (AvgIpc) is 2.76. The van der Waals surface area contributed by atoms with Crippen molar-refractivity contribution >= 4 is 21.8 Å². The van der Waals surface area contributed by atoms with Crippen LogP contribution < -0.4 is 0 Å². The summed E-state index contributed by atoms with van der Waals surface area (Å²) < 4.78 is 5.63. The van der Waals surface area contributed by atoms with E-state index in [0.29, 0.717) is 10.7 Å². The van der Waals surface area contributed by atoms with Gasteiger partial charge in [0.05, 0.1) is 0 Å². The zero-order valence-corrected chi connectivity index (χ0v) is 12.3. The number of halogens is 1. The number of hydrogen-bond donors (Lipinski definition) is 0. The van der Waals surface area contributed by atoms with Crippen LogP contribution in [0.3, 0.4) is 0 Å². The number of hydrogen-bond acceptors (Lipinski definition) is 2. The Bertz CT molecular complexity index is 279. The first-order chi connectivity index (χ1) is 8.03. The van der Waals surface area contributed by atoms with E-state index < -0.39 is 5.60 Å². The molecule has 98 valence electrons. The van der Waals surface area contributed by atoms with Crippen LogP contribution in [0.15, 0.2) is 0 Å². The molecule has 2 unspecified atom stereocenters. The highest BCUT2D eigenvalue weighted by Crippen LogP contribution is 2.30. The Balaban J connectivity index is 1.90. The van der Waals surface area contributed by atoms with Crippen LogP contribution in [0.2, 0.25) is 0 Å². The molecular weight excluding hydrogens is 282 g/mol. The number of amides is 1. The molecule has 0 spiro atoms. The van der Waals surface area contributed by atoms with E-state index in [1.807, 2.05) is 11.8 Å². The van der Waals surface area contributed by atoms with Crippen LogP contribution in [-0.2, 0) is 9.53 Å². The van der Waals surface area contributed by atoms with Gasteiger partial charge >= 0.3 is 0 Å². The molecule has 2 fully saturated rings. The summed E-state index contributed by atoms with van der Waals surface area (Å²) in [5.74, 6) is 0.909. The maximum absolute atomic E-state index is 12.4. The van der Waals surface area contributed by atoms with E-state index in [9.17, 15) is 4.79 Å². The fraction of sp³-hybridized carbons (Fsp3) is 0.923. The van der Waals surface area contributed by atoms with Crippen molar-refractivity contribution in [2.75, 3.05) is 19.7 Å². The van der Waals surface area contributed by atoms with E-state index in [0.717, 1.165) is 45.4 Å². The number of rotatable bonds is 2. The van der Waals surface area contributed by atoms with Gasteiger partial charge < -0.3 is 9.64 Å². The average molecular weight is 304 g/mol. The van der Waals surface area contributed by atoms with E-state index >= 15 is 0 Å². The fourth-order valence-electron chi connectivity index (χ4n) is 2.84. The second kappa shape index (κ2) is 5.27. The molecule has 2 saturated heterocycles. The van der Waals surface area contributed by atoms with Crippen molar-refractivity contribution in [3.05, 3.63) is 0 Å². The van der Waals surface area contributed by atoms with Crippen LogP contribution in [0, 0.1) is 5.92 Å². The quantitative estimate of drug-likeness (QED) is 0.734. The Morgan fingerprint density at radius 2 is 2.12 bits per heavy atom. The predicted molar refractivity (Wildman–Crippen MR) is 71.3 cm³/mol. The van der Waals surface area contributed by atoms with Gasteiger partial charge in [-0.2, -0.15) is 0 Å². The number of carbonyl (C=O) groups is 1. The molecule has 0 radical (unpaired) electrons. The van der Waals surface area contributed by atoms with Gasteiger partial charge in [0.1, 0.15) is 5.60 Å². The molecule has 4 heteroatoms. The molecule has 2 heterocycles. The van der Waals surface area contributed by atoms with Crippen LogP contribution in [0.4, 0.5) is 0 Å². The summed E-state index contributed by atoms with van der Waals surface area (Å²) >= 11 is 3.64. The highest BCUT2D eigenvalue weighted by Gasteiger charge is 2.41. The highest BCUT2D eigenvalue weighted by atomic mass is 79.9. The zero-order valence-electron chi connectivity index (χ0n) is 10.7. The van der Waals surface area contributed by atoms with Crippen LogP contribution in [0.1, 0.15) is 39.5 Å². The minimum absolute atomic E-state index is 0.204. The van der Waals surface area contributed by atoms with Crippen molar-refractivity contribution in [1.29, 1.82) is 0 Å². The number of piperidine rings is 1. The number of carbonyl (C=O) groups excluding carboxylic acids is 1. The Morgan fingerprint density at radius 1 is 1.47 bits per heavy atom. The third-order valence-electron chi connectivity index (χ3n) is 4.15. The topological polar surface area (TPSA) is 29.5 Å². The fourth-order valence-corrected chi connectivity index (χ4v) is 3.37. The van der Waals surface area contributed by atoms with E-state index in [1.165, 1.54) is 0 Å². The van der Waals surface area contributed by atoms with E-state index in [1.54, 1.807) is 0 Å². The second-order valence-electron chi connectivity index (χ2n) is 5.49. The molecule has 0 aliphatic carbocycles. The summed E-state index contributed by atoms with van der Waals surface area (Å²) in [5, 5.41) is 0. The Kier molecular flexibility index (Phi) is 4.14. The van der Waals surface area contributed by atoms with Crippen molar-refractivity contribution in [2.24, 2.45) is 5.92 Å². The van der Waals surface area contributed by atoms with Gasteiger partial charge in [-0.05, 0) is 38.5 Å². The molecule has 2 rings (SSSR count). The summed E-state index contributed by atoms with van der Waals surface area (Å²) in [6, 6.07) is 0. The van der Waals surface area contributed by atoms with E-state index in [4.69, 9.17) is 4.74 Å². The molecule has 2 atom stereocenters. The van der Waals surface area contributed by atoms with Crippen LogP contribution in [0.25, 0.3) is 0 Å². The number of ether oxygens (including phenoxy) is 1. The molecule has 0 aromatic heterocycles. The molecule has 3 nitrogen and oxygen atoms in total. The lowest BCUT2D eigenvalue weighted by molar-refractivity contribution is -0.152. The minimum atomic E-state index is -0.535. The van der Waals surface area contributed by atoms with Crippen LogP contribution in [-0.4, -0.2) is 40.9 Å². The molecular formula is C13H22BrNO2. The van der Waals surface area contributed by atoms with Crippen LogP contribution >= 0.6 is 15.9 Å². The van der Waals surface area contributed by atoms with Crippen LogP contribution in [0.5, 0.6) is 0 Å². The van der Waals surface area contributed by atoms with Gasteiger partial charge in [0, 0.05) is 24.5 Å². The maximum Gasteiger partial charge on any atom is 0.254 e. The summed E-state index contributed by atoms with van der Waals surface area (Å²) in [6.07, 6.45) is 4.10. The number of alkyl halides is 1. The molecule has 17 heavy (non-hydrogen) atoms. The molecule has 0 N–H and O–H groups in total. The molecule has 0 aromatic rings. The summed E-state index contributed by atoms with van der Waals surface area (Å²) in [4.78, 5) is 14.9. The number of likely N-dealkylation sites (tertiary alicyclic amines) is 1. The SMILES string of the molecule is CC(Br)C1CCN(C(=O)C2(C)CCCO2)CC1. The first-order valence-electron chi connectivity index (χ1n) is 6.60. The molecule has 0 saturated carbocycles. The summed E-state index contributed by atoms with van der Waals surface area (Å²) in [7, 11) is 0. The Hall–Kier alpha value is -0.0900. The maximum atomic E-state index is 12.4. The van der Waals surface area contributed by atoms with Gasteiger partial charge in [-0.1, -0.05) is 22.9 Å². The van der Waals surface area contributed by atoms with Crippen molar-refractivity contribution in [3.63, 3.8) is 0 Å². The monoisotopic (exact) mass is 303 g/mol. The largest absolute Gasteiger partial charge is 0.365 e. The van der Waals surface area contributed by atoms with Gasteiger partial charge in [0.25, 0.3) is 5.91 Å². The minimum Gasteiger partial charge on any atom is -0.365 e. The van der Waals surface area contributed by atoms with Gasteiger partial charge in [-0.3, -0.25) is 4.79 Å². The van der Waals surface area contributed by atoms with Crippen molar-refractivity contribution in [1.82, 2.24) is 4.90 Å². The molecule has 0 aromatic carbocycles. The molecule has 0 bridgehead atoms. The van der Waals surface area contributed by atoms with E-state index in [2.05, 4.69) is 22.9 Å². The van der Waals surface area contributed by atoms with E-state index in [-0.39, 0.29) is 5.91 Å². The summed E-state index contributed by atoms with van der Waals surface area (Å²) in [6.45, 7) is 6.65. The van der Waals surface area contributed by atoms with Gasteiger partial charge in [0.15, 0.2) is 0 Å². The molecule has 2 aliphatic heterocycles. The third-order valence-corrected chi connectivity index (χ3v) is 4.90. The first-order valence-corrected chi connectivity index (χ1v) is 7.52. The lowest BCUT2D eigenvalue weighted by Gasteiger charge is -2.37. The Morgan fingerprint density at radius 3 is 2.59 bits per heavy atom. The smallest absolute Gasteiger partial charge is 0.254 e. The summed E-state index contributed by atoms with van der Waals surface area (Å²) in [5.41, 5.74) is -0.535. The zero-order chi connectivity index (χ0) is 12.5. The van der Waals surface area contributed by atoms with Crippen molar-refractivity contribution < 1.29 is 9.53 Å². The normalized spacial score (nSPS) is 32.8. The second-order valence-corrected chi connectivity index (χ2v) is 6.93. The third kappa shape index (κ3) is 2.84. The van der Waals surface area contributed by atoms with Gasteiger partial charge in [-0.15, -0.1) is 0 Å². The molecule has 2 aliphatic rings. The standard InChI is InChI=1S/C13H22BrNO2/c1-10(14)11-4-7-15(8-5-11)12(16)13(2)6-3-9-17-13/h10-11H,3-9H2,1-2H3. The highest BCUT2D eigenvalue weighted by molar-refractivity contribution is 9.09. The molecule has 1 amide bonds. The van der Waals surface area contributed by atoms with Gasteiger partial charge in [-0.25, -0.2) is 0 Å². The lowest BCUT2D eigenvalue weighted by Crippen LogP contribution is -2.50. The van der Waals surface area contributed by atoms with Crippen molar-refractivity contribution in [3.8, 4) is 0 Å². The predicted octanol–water partition coefficient (Wildman–Crippen LogP) is 2.58. The number of nitrogens with zero attached hydrogens (tertiary/aromatic N) is 1. The Labute approximate surface area is 112 Å². The lowest BCUT2D eigenvalue weighted by atomic mass is 9.92. The first kappa shape index (κ1) is 13.3.